The number of likely N-dealkylation sites (tertiary alicyclic amines) is 1. The fourth-order valence-corrected chi connectivity index (χ4v) is 3.92. The smallest absolute Gasteiger partial charge is 0.119 e. The molecule has 0 amide bonds. The van der Waals surface area contributed by atoms with E-state index in [4.69, 9.17) is 4.74 Å². The van der Waals surface area contributed by atoms with Crippen LogP contribution in [0.2, 0.25) is 0 Å². The van der Waals surface area contributed by atoms with E-state index in [-0.39, 0.29) is 0 Å². The highest BCUT2D eigenvalue weighted by molar-refractivity contribution is 5.84. The van der Waals surface area contributed by atoms with Crippen molar-refractivity contribution in [2.45, 2.75) is 32.5 Å². The van der Waals surface area contributed by atoms with Gasteiger partial charge in [0.15, 0.2) is 0 Å². The van der Waals surface area contributed by atoms with Gasteiger partial charge in [-0.15, -0.1) is 0 Å². The summed E-state index contributed by atoms with van der Waals surface area (Å²) in [6, 6.07) is 21.7. The van der Waals surface area contributed by atoms with Crippen LogP contribution in [0.4, 0.5) is 0 Å². The van der Waals surface area contributed by atoms with Crippen LogP contribution in [-0.4, -0.2) is 25.1 Å². The van der Waals surface area contributed by atoms with Crippen molar-refractivity contribution >= 4 is 10.8 Å². The lowest BCUT2D eigenvalue weighted by Crippen LogP contribution is -2.21. The molecule has 140 valence electrons. The minimum Gasteiger partial charge on any atom is -0.497 e. The Morgan fingerprint density at radius 3 is 2.41 bits per heavy atom. The number of hydrogen-bond donors (Lipinski definition) is 1. The van der Waals surface area contributed by atoms with Gasteiger partial charge in [0.1, 0.15) is 5.75 Å². The van der Waals surface area contributed by atoms with E-state index in [2.05, 4.69) is 64.8 Å². The molecule has 0 atom stereocenters. The Balaban J connectivity index is 1.39. The van der Waals surface area contributed by atoms with Gasteiger partial charge in [-0.1, -0.05) is 42.5 Å². The largest absolute Gasteiger partial charge is 0.497 e. The van der Waals surface area contributed by atoms with Gasteiger partial charge in [0, 0.05) is 19.6 Å². The Hall–Kier alpha value is -2.36. The Morgan fingerprint density at radius 2 is 1.59 bits per heavy atom. The Bertz CT molecular complexity index is 900. The van der Waals surface area contributed by atoms with Gasteiger partial charge in [-0.25, -0.2) is 0 Å². The summed E-state index contributed by atoms with van der Waals surface area (Å²) in [7, 11) is 1.71. The van der Waals surface area contributed by atoms with Crippen molar-refractivity contribution < 1.29 is 4.74 Å². The molecule has 1 heterocycles. The zero-order chi connectivity index (χ0) is 18.5. The fourth-order valence-electron chi connectivity index (χ4n) is 3.92. The normalized spacial score (nSPS) is 14.7. The summed E-state index contributed by atoms with van der Waals surface area (Å²) in [5.74, 6) is 0.906. The van der Waals surface area contributed by atoms with E-state index in [0.717, 1.165) is 25.4 Å². The quantitative estimate of drug-likeness (QED) is 0.659. The van der Waals surface area contributed by atoms with Crippen molar-refractivity contribution in [3.63, 3.8) is 0 Å². The molecule has 3 aromatic rings. The van der Waals surface area contributed by atoms with Crippen LogP contribution in [0.1, 0.15) is 29.5 Å². The van der Waals surface area contributed by atoms with Crippen molar-refractivity contribution in [2.75, 3.05) is 20.2 Å². The van der Waals surface area contributed by atoms with Crippen molar-refractivity contribution in [3.05, 3.63) is 77.4 Å². The van der Waals surface area contributed by atoms with Gasteiger partial charge in [0.05, 0.1) is 7.11 Å². The van der Waals surface area contributed by atoms with E-state index in [1.54, 1.807) is 7.11 Å². The first-order valence-corrected chi connectivity index (χ1v) is 9.88. The molecule has 1 aliphatic heterocycles. The van der Waals surface area contributed by atoms with Crippen LogP contribution in [0.3, 0.4) is 0 Å². The van der Waals surface area contributed by atoms with Crippen molar-refractivity contribution in [3.8, 4) is 5.75 Å². The maximum absolute atomic E-state index is 5.31. The molecule has 0 spiro atoms. The standard InChI is InChI=1S/C24H28N2O/c1-27-24-11-10-20-14-19(8-9-21(20)15-24)16-25-17-22-6-2-3-7-23(22)18-26-12-4-5-13-26/h2-3,6-11,14-15,25H,4-5,12-13,16-18H2,1H3. The van der Waals surface area contributed by atoms with E-state index >= 15 is 0 Å². The van der Waals surface area contributed by atoms with E-state index < -0.39 is 0 Å². The summed E-state index contributed by atoms with van der Waals surface area (Å²) in [6.45, 7) is 5.34. The molecule has 0 radical (unpaired) electrons. The van der Waals surface area contributed by atoms with Crippen LogP contribution in [0, 0.1) is 0 Å². The highest BCUT2D eigenvalue weighted by Gasteiger charge is 2.13. The first-order chi connectivity index (χ1) is 13.3. The van der Waals surface area contributed by atoms with E-state index in [0.29, 0.717) is 0 Å². The second kappa shape index (κ2) is 8.55. The van der Waals surface area contributed by atoms with Crippen LogP contribution in [0.5, 0.6) is 5.75 Å². The Kier molecular flexibility index (Phi) is 5.71. The zero-order valence-corrected chi connectivity index (χ0v) is 16.1. The summed E-state index contributed by atoms with van der Waals surface area (Å²) in [5, 5.41) is 6.10. The summed E-state index contributed by atoms with van der Waals surface area (Å²) in [4.78, 5) is 2.57. The molecule has 1 N–H and O–H groups in total. The topological polar surface area (TPSA) is 24.5 Å². The number of nitrogens with one attached hydrogen (secondary N) is 1. The molecule has 0 unspecified atom stereocenters. The number of methoxy groups -OCH3 is 1. The Labute approximate surface area is 162 Å². The second-order valence-electron chi connectivity index (χ2n) is 7.40. The predicted molar refractivity (Wildman–Crippen MR) is 112 cm³/mol. The highest BCUT2D eigenvalue weighted by Crippen LogP contribution is 2.22. The van der Waals surface area contributed by atoms with Crippen molar-refractivity contribution in [2.24, 2.45) is 0 Å². The molecule has 4 rings (SSSR count). The molecule has 1 aliphatic rings. The first kappa shape index (κ1) is 18.0. The number of benzene rings is 3. The average molecular weight is 361 g/mol. The summed E-state index contributed by atoms with van der Waals surface area (Å²) in [5.41, 5.74) is 4.18. The summed E-state index contributed by atoms with van der Waals surface area (Å²) in [6.07, 6.45) is 2.68. The third-order valence-corrected chi connectivity index (χ3v) is 5.47. The molecular weight excluding hydrogens is 332 g/mol. The lowest BCUT2D eigenvalue weighted by molar-refractivity contribution is 0.330. The van der Waals surface area contributed by atoms with Crippen LogP contribution in [-0.2, 0) is 19.6 Å². The molecule has 0 aliphatic carbocycles. The predicted octanol–water partition coefficient (Wildman–Crippen LogP) is 4.73. The lowest BCUT2D eigenvalue weighted by atomic mass is 10.1. The maximum atomic E-state index is 5.31. The van der Waals surface area contributed by atoms with Gasteiger partial charge in [0.2, 0.25) is 0 Å². The van der Waals surface area contributed by atoms with Crippen LogP contribution < -0.4 is 10.1 Å². The van der Waals surface area contributed by atoms with Gasteiger partial charge < -0.3 is 10.1 Å². The molecule has 1 saturated heterocycles. The van der Waals surface area contributed by atoms with Crippen LogP contribution >= 0.6 is 0 Å². The van der Waals surface area contributed by atoms with Crippen LogP contribution in [0.25, 0.3) is 10.8 Å². The lowest BCUT2D eigenvalue weighted by Gasteiger charge is -2.18. The van der Waals surface area contributed by atoms with Gasteiger partial charge >= 0.3 is 0 Å². The minimum atomic E-state index is 0.875. The van der Waals surface area contributed by atoms with Crippen LogP contribution in [0.15, 0.2) is 60.7 Å². The average Bonchev–Trinajstić information content (AvgIpc) is 3.22. The third-order valence-electron chi connectivity index (χ3n) is 5.47. The minimum absolute atomic E-state index is 0.875. The third kappa shape index (κ3) is 4.49. The number of rotatable bonds is 7. The zero-order valence-electron chi connectivity index (χ0n) is 16.1. The molecule has 0 bridgehead atoms. The van der Waals surface area contributed by atoms with Gasteiger partial charge in [-0.05, 0) is 71.6 Å². The molecule has 3 nitrogen and oxygen atoms in total. The highest BCUT2D eigenvalue weighted by atomic mass is 16.5. The number of hydrogen-bond acceptors (Lipinski definition) is 3. The van der Waals surface area contributed by atoms with Gasteiger partial charge in [-0.2, -0.15) is 0 Å². The molecular formula is C24H28N2O. The fraction of sp³-hybridized carbons (Fsp3) is 0.333. The number of ether oxygens (including phenoxy) is 1. The van der Waals surface area contributed by atoms with Gasteiger partial charge in [-0.3, -0.25) is 4.90 Å². The van der Waals surface area contributed by atoms with Crippen molar-refractivity contribution in [1.29, 1.82) is 0 Å². The summed E-state index contributed by atoms with van der Waals surface area (Å²) >= 11 is 0. The second-order valence-corrected chi connectivity index (χ2v) is 7.40. The SMILES string of the molecule is COc1ccc2cc(CNCc3ccccc3CN3CCCC3)ccc2c1. The van der Waals surface area contributed by atoms with Gasteiger partial charge in [0.25, 0.3) is 0 Å². The van der Waals surface area contributed by atoms with E-state index in [1.807, 2.05) is 6.07 Å². The number of nitrogens with zero attached hydrogens (tertiary/aromatic N) is 1. The molecule has 0 saturated carbocycles. The molecule has 3 aromatic carbocycles. The number of fused-ring (bicyclic) bond motifs is 1. The molecule has 3 heteroatoms. The van der Waals surface area contributed by atoms with Crippen molar-refractivity contribution in [1.82, 2.24) is 10.2 Å². The Morgan fingerprint density at radius 1 is 0.852 bits per heavy atom. The monoisotopic (exact) mass is 360 g/mol. The van der Waals surface area contributed by atoms with E-state index in [9.17, 15) is 0 Å². The van der Waals surface area contributed by atoms with E-state index in [1.165, 1.54) is 53.4 Å². The summed E-state index contributed by atoms with van der Waals surface area (Å²) < 4.78 is 5.31. The molecule has 0 aromatic heterocycles. The molecule has 1 fully saturated rings. The maximum Gasteiger partial charge on any atom is 0.119 e. The first-order valence-electron chi connectivity index (χ1n) is 9.88. The molecule has 27 heavy (non-hydrogen) atoms.